The summed E-state index contributed by atoms with van der Waals surface area (Å²) in [5.41, 5.74) is -3.95. The normalized spacial score (nSPS) is 18.7. The number of cyclic esters (lactones) is 1. The van der Waals surface area contributed by atoms with Crippen LogP contribution < -0.4 is 21.3 Å². The standard InChI is InChI=1S/C26H22F3N3O6/c1-3-25(10-9-16-18(25)5-4-6-19(16)26(27,28)29)32-21(33)17(22(34)35)12-31(23(32)36)15-7-8-20-14(11-15)13-38-24(37)30(20)2/h4-8,11-12H,3,9-10,13H2,1-2H3,(H,34,35)/p-1. The zero-order valence-electron chi connectivity index (χ0n) is 20.3. The molecule has 2 aromatic carbocycles. The number of carbonyl (C=O) groups excluding carboxylic acids is 2. The van der Waals surface area contributed by atoms with Crippen molar-refractivity contribution in [1.29, 1.82) is 0 Å². The molecule has 12 heteroatoms. The monoisotopic (exact) mass is 528 g/mol. The van der Waals surface area contributed by atoms with Crippen LogP contribution in [0.4, 0.5) is 23.7 Å². The molecule has 3 aromatic rings. The minimum absolute atomic E-state index is 0.0114. The van der Waals surface area contributed by atoms with Crippen LogP contribution in [-0.2, 0) is 29.5 Å². The predicted octanol–water partition coefficient (Wildman–Crippen LogP) is 2.57. The number of alkyl halides is 3. The van der Waals surface area contributed by atoms with Gasteiger partial charge in [0.25, 0.3) is 5.56 Å². The Morgan fingerprint density at radius 1 is 1.16 bits per heavy atom. The van der Waals surface area contributed by atoms with Crippen molar-refractivity contribution in [3.05, 3.63) is 91.3 Å². The molecular weight excluding hydrogens is 507 g/mol. The maximum atomic E-state index is 13.9. The summed E-state index contributed by atoms with van der Waals surface area (Å²) in [7, 11) is 1.50. The number of fused-ring (bicyclic) bond motifs is 2. The van der Waals surface area contributed by atoms with Crippen LogP contribution in [0.1, 0.15) is 52.4 Å². The van der Waals surface area contributed by atoms with E-state index in [0.29, 0.717) is 11.3 Å². The van der Waals surface area contributed by atoms with Gasteiger partial charge in [0.1, 0.15) is 6.61 Å². The van der Waals surface area contributed by atoms with Gasteiger partial charge in [0.2, 0.25) is 0 Å². The first-order valence-electron chi connectivity index (χ1n) is 11.7. The topological polar surface area (TPSA) is 114 Å². The molecule has 1 aliphatic heterocycles. The van der Waals surface area contributed by atoms with E-state index in [-0.39, 0.29) is 42.7 Å². The Bertz CT molecular complexity index is 1620. The molecule has 0 fully saturated rings. The Labute approximate surface area is 213 Å². The fraction of sp³-hybridized carbons (Fsp3) is 0.308. The van der Waals surface area contributed by atoms with Crippen LogP contribution in [0.2, 0.25) is 0 Å². The number of ether oxygens (including phenoxy) is 1. The fourth-order valence-corrected chi connectivity index (χ4v) is 5.54. The number of carboxylic acid groups (broad SMARTS) is 1. The number of hydrogen-bond donors (Lipinski definition) is 0. The quantitative estimate of drug-likeness (QED) is 0.515. The molecule has 2 heterocycles. The third kappa shape index (κ3) is 3.62. The Kier molecular flexibility index (Phi) is 5.73. The van der Waals surface area contributed by atoms with Crippen molar-refractivity contribution in [2.24, 2.45) is 0 Å². The number of carboxylic acids is 1. The maximum absolute atomic E-state index is 13.9. The van der Waals surface area contributed by atoms with Gasteiger partial charge in [-0.05, 0) is 54.7 Å². The van der Waals surface area contributed by atoms with E-state index in [1.165, 1.54) is 36.2 Å². The van der Waals surface area contributed by atoms with Crippen LogP contribution in [0.15, 0.2) is 52.2 Å². The van der Waals surface area contributed by atoms with Crippen molar-refractivity contribution in [3.63, 3.8) is 0 Å². The number of rotatable bonds is 4. The van der Waals surface area contributed by atoms with Gasteiger partial charge in [-0.2, -0.15) is 13.2 Å². The highest BCUT2D eigenvalue weighted by Gasteiger charge is 2.46. The molecule has 1 unspecified atom stereocenters. The summed E-state index contributed by atoms with van der Waals surface area (Å²) in [4.78, 5) is 52.4. The first kappa shape index (κ1) is 25.3. The molecule has 2 aliphatic rings. The SMILES string of the molecule is CCC1(n2c(=O)c(C(=O)[O-])cn(-c3ccc4c(c3)COC(=O)N4C)c2=O)CCc2c(C(F)(F)F)cccc21. The molecule has 38 heavy (non-hydrogen) atoms. The van der Waals surface area contributed by atoms with Crippen molar-refractivity contribution in [2.75, 3.05) is 11.9 Å². The highest BCUT2D eigenvalue weighted by Crippen LogP contribution is 2.46. The van der Waals surface area contributed by atoms with E-state index >= 15 is 0 Å². The Balaban J connectivity index is 1.78. The van der Waals surface area contributed by atoms with Gasteiger partial charge in [0.05, 0.1) is 34.0 Å². The Morgan fingerprint density at radius 3 is 2.55 bits per heavy atom. The number of carbonyl (C=O) groups is 2. The molecule has 0 radical (unpaired) electrons. The summed E-state index contributed by atoms with van der Waals surface area (Å²) in [6.45, 7) is 1.53. The largest absolute Gasteiger partial charge is 0.545 e. The molecule has 0 bridgehead atoms. The van der Waals surface area contributed by atoms with Gasteiger partial charge in [0, 0.05) is 18.8 Å². The number of amides is 1. The molecule has 0 saturated heterocycles. The number of aromatic nitrogens is 2. The van der Waals surface area contributed by atoms with Gasteiger partial charge in [-0.1, -0.05) is 19.1 Å². The summed E-state index contributed by atoms with van der Waals surface area (Å²) in [5, 5.41) is 12.0. The van der Waals surface area contributed by atoms with Gasteiger partial charge >= 0.3 is 18.0 Å². The van der Waals surface area contributed by atoms with E-state index in [1.54, 1.807) is 13.0 Å². The number of hydrogen-bond acceptors (Lipinski definition) is 6. The van der Waals surface area contributed by atoms with Gasteiger partial charge in [0.15, 0.2) is 0 Å². The average molecular weight is 528 g/mol. The van der Waals surface area contributed by atoms with Crippen LogP contribution in [0, 0.1) is 0 Å². The van der Waals surface area contributed by atoms with Crippen molar-refractivity contribution < 1.29 is 32.6 Å². The van der Waals surface area contributed by atoms with Crippen LogP contribution in [0.3, 0.4) is 0 Å². The molecule has 1 atom stereocenters. The molecule has 0 saturated carbocycles. The van der Waals surface area contributed by atoms with Gasteiger partial charge in [-0.15, -0.1) is 0 Å². The number of nitrogens with zero attached hydrogens (tertiary/aromatic N) is 3. The van der Waals surface area contributed by atoms with Crippen molar-refractivity contribution in [1.82, 2.24) is 9.13 Å². The molecular formula is C26H21F3N3O6-. The Hall–Kier alpha value is -4.35. The number of benzene rings is 2. The van der Waals surface area contributed by atoms with E-state index in [2.05, 4.69) is 0 Å². The minimum Gasteiger partial charge on any atom is -0.545 e. The third-order valence-electron chi connectivity index (χ3n) is 7.42. The van der Waals surface area contributed by atoms with Crippen molar-refractivity contribution in [3.8, 4) is 5.69 Å². The summed E-state index contributed by atoms with van der Waals surface area (Å²) < 4.78 is 48.0. The molecule has 1 aromatic heterocycles. The molecule has 1 amide bonds. The second-order valence-electron chi connectivity index (χ2n) is 9.26. The molecule has 9 nitrogen and oxygen atoms in total. The minimum atomic E-state index is -4.65. The molecule has 0 N–H and O–H groups in total. The lowest BCUT2D eigenvalue weighted by Gasteiger charge is -2.32. The van der Waals surface area contributed by atoms with E-state index < -0.39 is 46.2 Å². The number of anilines is 1. The average Bonchev–Trinajstić information content (AvgIpc) is 3.25. The zero-order chi connectivity index (χ0) is 27.6. The highest BCUT2D eigenvalue weighted by molar-refractivity contribution is 5.90. The molecule has 0 spiro atoms. The molecule has 1 aliphatic carbocycles. The number of halogens is 3. The van der Waals surface area contributed by atoms with Crippen molar-refractivity contribution >= 4 is 17.7 Å². The maximum Gasteiger partial charge on any atom is 0.416 e. The van der Waals surface area contributed by atoms with Crippen LogP contribution in [0.5, 0.6) is 0 Å². The summed E-state index contributed by atoms with van der Waals surface area (Å²) in [6.07, 6.45) is -4.38. The lowest BCUT2D eigenvalue weighted by Crippen LogP contribution is -2.53. The Morgan fingerprint density at radius 2 is 1.89 bits per heavy atom. The van der Waals surface area contributed by atoms with E-state index in [1.807, 2.05) is 0 Å². The van der Waals surface area contributed by atoms with Crippen molar-refractivity contribution in [2.45, 2.75) is 44.5 Å². The van der Waals surface area contributed by atoms with Gasteiger partial charge < -0.3 is 14.6 Å². The lowest BCUT2D eigenvalue weighted by atomic mass is 9.87. The second kappa shape index (κ2) is 8.61. The highest BCUT2D eigenvalue weighted by atomic mass is 19.4. The summed E-state index contributed by atoms with van der Waals surface area (Å²) in [6, 6.07) is 8.11. The predicted molar refractivity (Wildman–Crippen MR) is 126 cm³/mol. The summed E-state index contributed by atoms with van der Waals surface area (Å²) in [5.74, 6) is -1.84. The second-order valence-corrected chi connectivity index (χ2v) is 9.26. The molecule has 198 valence electrons. The molecule has 5 rings (SSSR count). The zero-order valence-corrected chi connectivity index (χ0v) is 20.3. The van der Waals surface area contributed by atoms with E-state index in [0.717, 1.165) is 21.4 Å². The van der Waals surface area contributed by atoms with Crippen LogP contribution in [0.25, 0.3) is 5.69 Å². The van der Waals surface area contributed by atoms with E-state index in [4.69, 9.17) is 4.74 Å². The lowest BCUT2D eigenvalue weighted by molar-refractivity contribution is -0.255. The van der Waals surface area contributed by atoms with Crippen LogP contribution >= 0.6 is 0 Å². The first-order chi connectivity index (χ1) is 17.9. The van der Waals surface area contributed by atoms with Crippen LogP contribution in [-0.4, -0.2) is 28.2 Å². The van der Waals surface area contributed by atoms with E-state index in [9.17, 15) is 37.5 Å². The summed E-state index contributed by atoms with van der Waals surface area (Å²) >= 11 is 0. The van der Waals surface area contributed by atoms with Gasteiger partial charge in [-0.3, -0.25) is 14.3 Å². The smallest absolute Gasteiger partial charge is 0.416 e. The first-order valence-corrected chi connectivity index (χ1v) is 11.7. The fourth-order valence-electron chi connectivity index (χ4n) is 5.54. The van der Waals surface area contributed by atoms with Gasteiger partial charge in [-0.25, -0.2) is 14.2 Å². The third-order valence-corrected chi connectivity index (χ3v) is 7.42. The number of aromatic carboxylic acids is 1.